The van der Waals surface area contributed by atoms with Crippen LogP contribution in [0.2, 0.25) is 0 Å². The third-order valence-corrected chi connectivity index (χ3v) is 9.57. The van der Waals surface area contributed by atoms with Crippen molar-refractivity contribution in [3.63, 3.8) is 0 Å². The highest BCUT2D eigenvalue weighted by atomic mass is 16.8. The maximum absolute atomic E-state index is 14.2. The molecule has 6 rings (SSSR count). The zero-order valence-electron chi connectivity index (χ0n) is 28.8. The van der Waals surface area contributed by atoms with Gasteiger partial charge < -0.3 is 93.7 Å². The number of phenols is 3. The number of benzene rings is 2. The van der Waals surface area contributed by atoms with Crippen LogP contribution in [0.25, 0.3) is 22.3 Å². The highest BCUT2D eigenvalue weighted by Gasteiger charge is 2.52. The summed E-state index contributed by atoms with van der Waals surface area (Å²) in [6.45, 7) is 2.09. The van der Waals surface area contributed by atoms with Crippen LogP contribution in [-0.4, -0.2) is 162 Å². The topological polar surface area (TPSA) is 317 Å². The van der Waals surface area contributed by atoms with Gasteiger partial charge in [0.2, 0.25) is 17.5 Å². The molecule has 0 radical (unpaired) electrons. The lowest BCUT2D eigenvalue weighted by Gasteiger charge is -2.46. The molecule has 298 valence electrons. The van der Waals surface area contributed by atoms with E-state index in [9.17, 15) is 61.0 Å². The molecule has 3 saturated heterocycles. The van der Waals surface area contributed by atoms with Crippen molar-refractivity contribution in [2.24, 2.45) is 0 Å². The van der Waals surface area contributed by atoms with Crippen molar-refractivity contribution in [1.82, 2.24) is 0 Å². The van der Waals surface area contributed by atoms with E-state index in [-0.39, 0.29) is 28.4 Å². The fourth-order valence-electron chi connectivity index (χ4n) is 6.40. The average molecular weight is 771 g/mol. The van der Waals surface area contributed by atoms with Crippen LogP contribution in [0.1, 0.15) is 13.8 Å². The molecule has 3 aliphatic heterocycles. The first-order valence-electron chi connectivity index (χ1n) is 16.8. The van der Waals surface area contributed by atoms with Crippen LogP contribution in [0.3, 0.4) is 0 Å². The summed E-state index contributed by atoms with van der Waals surface area (Å²) in [5.74, 6) is -2.63. The van der Waals surface area contributed by atoms with Crippen LogP contribution in [0.5, 0.6) is 28.7 Å². The van der Waals surface area contributed by atoms with Crippen molar-refractivity contribution >= 4 is 11.0 Å². The molecule has 0 aliphatic carbocycles. The van der Waals surface area contributed by atoms with Crippen LogP contribution in [0, 0.1) is 0 Å². The van der Waals surface area contributed by atoms with Gasteiger partial charge in [0.1, 0.15) is 77.4 Å². The molecule has 0 bridgehead atoms. The summed E-state index contributed by atoms with van der Waals surface area (Å²) in [5.41, 5.74) is -1.31. The van der Waals surface area contributed by atoms with Crippen molar-refractivity contribution < 1.29 is 93.7 Å². The third-order valence-electron chi connectivity index (χ3n) is 9.57. The molecule has 2 aromatic carbocycles. The molecule has 1 aromatic heterocycles. The van der Waals surface area contributed by atoms with Gasteiger partial charge in [-0.3, -0.25) is 4.79 Å². The highest BCUT2D eigenvalue weighted by molar-refractivity contribution is 5.88. The van der Waals surface area contributed by atoms with Crippen LogP contribution >= 0.6 is 0 Å². The number of hydrogen-bond donors (Lipinski definition) is 11. The molecule has 3 aliphatic rings. The Morgan fingerprint density at radius 1 is 0.685 bits per heavy atom. The van der Waals surface area contributed by atoms with Gasteiger partial charge >= 0.3 is 0 Å². The number of fused-ring (bicyclic) bond motifs is 1. The molecule has 0 saturated carbocycles. The zero-order valence-corrected chi connectivity index (χ0v) is 28.8. The number of aromatic hydroxyl groups is 3. The molecule has 15 atom stereocenters. The second-order valence-electron chi connectivity index (χ2n) is 13.3. The number of hydrogen-bond acceptors (Lipinski definition) is 20. The van der Waals surface area contributed by atoms with E-state index in [1.807, 2.05) is 0 Å². The Morgan fingerprint density at radius 2 is 1.31 bits per heavy atom. The maximum Gasteiger partial charge on any atom is 0.239 e. The molecule has 54 heavy (non-hydrogen) atoms. The second kappa shape index (κ2) is 15.7. The first-order valence-corrected chi connectivity index (χ1v) is 16.8. The summed E-state index contributed by atoms with van der Waals surface area (Å²) in [7, 11) is 1.26. The first kappa shape index (κ1) is 39.8. The molecule has 0 spiro atoms. The second-order valence-corrected chi connectivity index (χ2v) is 13.3. The standard InChI is InChI=1S/C34H42O20/c1-10-20(38)24(42)27(45)32(49-10)48-9-18-22(40)26(44)31(54-33-28(46)25(43)21(39)11(2)50-33)34(52-18)53-30-23(41)19-15(37)7-13(35)8-17(19)51-29(30)12-4-5-14(36)16(6-12)47-3/h4-8,10-11,18,20-22,24-28,31-40,42-46H,9H2,1-3H3/t10-,11-,18-,20-,21-,22+,24-,25+,26-,27+,28-,31+,32+,33-,34-/m0/s1. The number of aliphatic hydroxyl groups excluding tert-OH is 8. The highest BCUT2D eigenvalue weighted by Crippen LogP contribution is 2.40. The van der Waals surface area contributed by atoms with Crippen LogP contribution in [0.4, 0.5) is 0 Å². The van der Waals surface area contributed by atoms with Crippen LogP contribution in [0.15, 0.2) is 39.5 Å². The molecule has 4 heterocycles. The van der Waals surface area contributed by atoms with E-state index in [1.165, 1.54) is 39.2 Å². The van der Waals surface area contributed by atoms with Gasteiger partial charge in [0, 0.05) is 17.7 Å². The fourth-order valence-corrected chi connectivity index (χ4v) is 6.40. The average Bonchev–Trinajstić information content (AvgIpc) is 3.13. The van der Waals surface area contributed by atoms with Gasteiger partial charge in [-0.25, -0.2) is 0 Å². The summed E-state index contributed by atoms with van der Waals surface area (Å²) in [4.78, 5) is 14.2. The largest absolute Gasteiger partial charge is 0.508 e. The summed E-state index contributed by atoms with van der Waals surface area (Å²) < 4.78 is 45.6. The van der Waals surface area contributed by atoms with Gasteiger partial charge in [-0.2, -0.15) is 0 Å². The van der Waals surface area contributed by atoms with E-state index in [4.69, 9.17) is 37.6 Å². The van der Waals surface area contributed by atoms with Gasteiger partial charge in [-0.05, 0) is 32.0 Å². The molecule has 11 N–H and O–H groups in total. The minimum atomic E-state index is -2.02. The summed E-state index contributed by atoms with van der Waals surface area (Å²) >= 11 is 0. The summed E-state index contributed by atoms with van der Waals surface area (Å²) in [6.07, 6.45) is -24.9. The third kappa shape index (κ3) is 7.41. The molecule has 3 aromatic rings. The molecule has 20 heteroatoms. The summed E-state index contributed by atoms with van der Waals surface area (Å²) in [6, 6.07) is 5.69. The van der Waals surface area contributed by atoms with Gasteiger partial charge in [0.05, 0.1) is 25.9 Å². The van der Waals surface area contributed by atoms with E-state index in [2.05, 4.69) is 0 Å². The van der Waals surface area contributed by atoms with Crippen molar-refractivity contribution in [2.75, 3.05) is 13.7 Å². The van der Waals surface area contributed by atoms with E-state index in [0.717, 1.165) is 12.1 Å². The Labute approximate surface area is 305 Å². The Kier molecular flexibility index (Phi) is 11.6. The molecular weight excluding hydrogens is 728 g/mol. The normalized spacial score (nSPS) is 37.3. The number of phenolic OH excluding ortho intramolecular Hbond substituents is 3. The van der Waals surface area contributed by atoms with Crippen molar-refractivity contribution in [3.05, 3.63) is 40.6 Å². The van der Waals surface area contributed by atoms with E-state index in [1.54, 1.807) is 0 Å². The van der Waals surface area contributed by atoms with Gasteiger partial charge in [-0.15, -0.1) is 0 Å². The molecule has 20 nitrogen and oxygen atoms in total. The van der Waals surface area contributed by atoms with Gasteiger partial charge in [0.15, 0.2) is 35.9 Å². The van der Waals surface area contributed by atoms with Gasteiger partial charge in [-0.1, -0.05) is 0 Å². The lowest BCUT2D eigenvalue weighted by Crippen LogP contribution is -2.65. The number of methoxy groups -OCH3 is 1. The zero-order chi connectivity index (χ0) is 39.3. The molecule has 0 unspecified atom stereocenters. The molecule has 0 amide bonds. The van der Waals surface area contributed by atoms with Crippen LogP contribution < -0.4 is 14.9 Å². The van der Waals surface area contributed by atoms with E-state index >= 15 is 0 Å². The number of ether oxygens (including phenoxy) is 7. The predicted molar refractivity (Wildman–Crippen MR) is 176 cm³/mol. The van der Waals surface area contributed by atoms with Crippen molar-refractivity contribution in [2.45, 2.75) is 106 Å². The quantitative estimate of drug-likeness (QED) is 0.107. The SMILES string of the molecule is COc1cc(-c2oc3cc(O)cc(O)c3c(=O)c2O[C@@H]2O[C@@H](CO[C@@H]3O[C@@H](C)[C@H](O)[C@H](O)[C@H]3O)[C@@H](O)[C@H](O)[C@H]2O[C@@H]2O[C@@H](C)[C@H](O)[C@@H](O)[C@@H]2O)ccc1O. The lowest BCUT2D eigenvalue weighted by molar-refractivity contribution is -0.360. The minimum absolute atomic E-state index is 0.0468. The van der Waals surface area contributed by atoms with Crippen molar-refractivity contribution in [1.29, 1.82) is 0 Å². The Bertz CT molecular complexity index is 1850. The molecular formula is C34H42O20. The Hall–Kier alpha value is -3.87. The predicted octanol–water partition coefficient (Wildman–Crippen LogP) is -2.53. The Morgan fingerprint density at radius 3 is 1.96 bits per heavy atom. The van der Waals surface area contributed by atoms with E-state index in [0.29, 0.717) is 0 Å². The van der Waals surface area contributed by atoms with Crippen molar-refractivity contribution in [3.8, 4) is 40.1 Å². The monoisotopic (exact) mass is 770 g/mol. The van der Waals surface area contributed by atoms with Crippen LogP contribution in [-0.2, 0) is 23.7 Å². The number of aliphatic hydroxyl groups is 8. The number of rotatable bonds is 9. The van der Waals surface area contributed by atoms with E-state index < -0.39 is 127 Å². The first-order chi connectivity index (χ1) is 25.5. The summed E-state index contributed by atoms with van der Waals surface area (Å²) in [5, 5.41) is 115. The fraction of sp³-hybridized carbons (Fsp3) is 0.559. The smallest absolute Gasteiger partial charge is 0.239 e. The van der Waals surface area contributed by atoms with Gasteiger partial charge in [0.25, 0.3) is 0 Å². The lowest BCUT2D eigenvalue weighted by atomic mass is 9.97. The maximum atomic E-state index is 14.2. The minimum Gasteiger partial charge on any atom is -0.508 e. The Balaban J connectivity index is 1.41. The molecule has 3 fully saturated rings.